The van der Waals surface area contributed by atoms with Crippen molar-refractivity contribution in [3.63, 3.8) is 0 Å². The predicted molar refractivity (Wildman–Crippen MR) is 77.6 cm³/mol. The standard InChI is InChI=1S/C15H22N2O3/c1-11(2)16-9-3-4-14(18)17-10-12-5-7-13(8-6-12)15(19)20/h5-8,11,16H,3-4,9-10H2,1-2H3,(H,17,18)(H,19,20). The number of nitrogens with one attached hydrogen (secondary N) is 2. The first-order chi connectivity index (χ1) is 9.49. The molecule has 0 atom stereocenters. The highest BCUT2D eigenvalue weighted by molar-refractivity contribution is 5.87. The molecule has 0 aliphatic rings. The lowest BCUT2D eigenvalue weighted by Gasteiger charge is -2.08. The van der Waals surface area contributed by atoms with Gasteiger partial charge in [-0.3, -0.25) is 4.79 Å². The van der Waals surface area contributed by atoms with Gasteiger partial charge in [-0.05, 0) is 30.7 Å². The third kappa shape index (κ3) is 6.33. The second-order valence-corrected chi connectivity index (χ2v) is 4.99. The molecule has 0 bridgehead atoms. The molecule has 0 saturated heterocycles. The fourth-order valence-corrected chi connectivity index (χ4v) is 1.69. The zero-order valence-corrected chi connectivity index (χ0v) is 12.0. The van der Waals surface area contributed by atoms with E-state index in [9.17, 15) is 9.59 Å². The third-order valence-electron chi connectivity index (χ3n) is 2.82. The molecule has 0 aliphatic carbocycles. The Morgan fingerprint density at radius 3 is 2.40 bits per heavy atom. The van der Waals surface area contributed by atoms with Crippen LogP contribution in [0.25, 0.3) is 0 Å². The van der Waals surface area contributed by atoms with Gasteiger partial charge in [0.1, 0.15) is 0 Å². The number of carbonyl (C=O) groups excluding carboxylic acids is 1. The summed E-state index contributed by atoms with van der Waals surface area (Å²) in [5.41, 5.74) is 1.14. The van der Waals surface area contributed by atoms with E-state index < -0.39 is 5.97 Å². The minimum absolute atomic E-state index is 0.0119. The molecule has 3 N–H and O–H groups in total. The van der Waals surface area contributed by atoms with E-state index in [1.165, 1.54) is 12.1 Å². The van der Waals surface area contributed by atoms with Crippen molar-refractivity contribution >= 4 is 11.9 Å². The molecule has 0 unspecified atom stereocenters. The van der Waals surface area contributed by atoms with Crippen LogP contribution in [0, 0.1) is 0 Å². The highest BCUT2D eigenvalue weighted by atomic mass is 16.4. The fraction of sp³-hybridized carbons (Fsp3) is 0.467. The summed E-state index contributed by atoms with van der Waals surface area (Å²) in [5.74, 6) is -0.934. The summed E-state index contributed by atoms with van der Waals surface area (Å²) >= 11 is 0. The monoisotopic (exact) mass is 278 g/mol. The van der Waals surface area contributed by atoms with Crippen molar-refractivity contribution in [3.8, 4) is 0 Å². The lowest BCUT2D eigenvalue weighted by atomic mass is 10.1. The normalized spacial score (nSPS) is 10.6. The number of hydrogen-bond donors (Lipinski definition) is 3. The van der Waals surface area contributed by atoms with Gasteiger partial charge in [0.15, 0.2) is 0 Å². The Morgan fingerprint density at radius 2 is 1.85 bits per heavy atom. The van der Waals surface area contributed by atoms with E-state index >= 15 is 0 Å². The molecule has 1 aromatic rings. The van der Waals surface area contributed by atoms with Gasteiger partial charge < -0.3 is 15.7 Å². The van der Waals surface area contributed by atoms with E-state index in [0.717, 1.165) is 18.5 Å². The number of hydrogen-bond acceptors (Lipinski definition) is 3. The molecular formula is C15H22N2O3. The molecule has 0 aromatic heterocycles. The van der Waals surface area contributed by atoms with Crippen molar-refractivity contribution in [2.45, 2.75) is 39.3 Å². The fourth-order valence-electron chi connectivity index (χ4n) is 1.69. The van der Waals surface area contributed by atoms with E-state index in [1.807, 2.05) is 0 Å². The van der Waals surface area contributed by atoms with Gasteiger partial charge in [0.25, 0.3) is 0 Å². The molecule has 20 heavy (non-hydrogen) atoms. The average molecular weight is 278 g/mol. The van der Waals surface area contributed by atoms with Crippen molar-refractivity contribution < 1.29 is 14.7 Å². The van der Waals surface area contributed by atoms with Gasteiger partial charge in [-0.1, -0.05) is 26.0 Å². The topological polar surface area (TPSA) is 78.4 Å². The molecule has 5 heteroatoms. The first-order valence-electron chi connectivity index (χ1n) is 6.81. The Labute approximate surface area is 119 Å². The summed E-state index contributed by atoms with van der Waals surface area (Å²) in [6.45, 7) is 5.40. The molecule has 0 aliphatic heterocycles. The van der Waals surface area contributed by atoms with Crippen molar-refractivity contribution in [2.75, 3.05) is 6.54 Å². The van der Waals surface area contributed by atoms with Gasteiger partial charge >= 0.3 is 5.97 Å². The summed E-state index contributed by atoms with van der Waals surface area (Å²) < 4.78 is 0. The maximum absolute atomic E-state index is 11.6. The predicted octanol–water partition coefficient (Wildman–Crippen LogP) is 1.78. The minimum atomic E-state index is -0.946. The molecular weight excluding hydrogens is 256 g/mol. The summed E-state index contributed by atoms with van der Waals surface area (Å²) in [7, 11) is 0. The van der Waals surface area contributed by atoms with Crippen molar-refractivity contribution in [3.05, 3.63) is 35.4 Å². The highest BCUT2D eigenvalue weighted by Gasteiger charge is 2.04. The Hall–Kier alpha value is -1.88. The number of rotatable bonds is 8. The van der Waals surface area contributed by atoms with E-state index in [0.29, 0.717) is 19.0 Å². The van der Waals surface area contributed by atoms with Crippen LogP contribution in [0.15, 0.2) is 24.3 Å². The summed E-state index contributed by atoms with van der Waals surface area (Å²) in [5, 5.41) is 14.9. The first kappa shape index (κ1) is 16.2. The molecule has 0 heterocycles. The minimum Gasteiger partial charge on any atom is -0.478 e. The Morgan fingerprint density at radius 1 is 1.20 bits per heavy atom. The summed E-state index contributed by atoms with van der Waals surface area (Å²) in [6.07, 6.45) is 1.30. The summed E-state index contributed by atoms with van der Waals surface area (Å²) in [4.78, 5) is 22.3. The molecule has 0 fully saturated rings. The number of carboxylic acid groups (broad SMARTS) is 1. The van der Waals surface area contributed by atoms with Crippen molar-refractivity contribution in [2.24, 2.45) is 0 Å². The molecule has 1 rings (SSSR count). The van der Waals surface area contributed by atoms with E-state index in [4.69, 9.17) is 5.11 Å². The molecule has 1 aromatic carbocycles. The summed E-state index contributed by atoms with van der Waals surface area (Å²) in [6, 6.07) is 6.94. The van der Waals surface area contributed by atoms with Crippen LogP contribution >= 0.6 is 0 Å². The quantitative estimate of drug-likeness (QED) is 0.633. The van der Waals surface area contributed by atoms with E-state index in [1.54, 1.807) is 12.1 Å². The second kappa shape index (κ2) is 8.32. The van der Waals surface area contributed by atoms with Gasteiger partial charge in [-0.15, -0.1) is 0 Å². The van der Waals surface area contributed by atoms with Gasteiger partial charge in [-0.2, -0.15) is 0 Å². The largest absolute Gasteiger partial charge is 0.478 e. The number of carbonyl (C=O) groups is 2. The van der Waals surface area contributed by atoms with Crippen LogP contribution in [-0.4, -0.2) is 29.6 Å². The van der Waals surface area contributed by atoms with Crippen LogP contribution in [0.5, 0.6) is 0 Å². The smallest absolute Gasteiger partial charge is 0.335 e. The van der Waals surface area contributed by atoms with Crippen molar-refractivity contribution in [1.82, 2.24) is 10.6 Å². The molecule has 110 valence electrons. The third-order valence-corrected chi connectivity index (χ3v) is 2.82. The number of benzene rings is 1. The van der Waals surface area contributed by atoms with E-state index in [-0.39, 0.29) is 11.5 Å². The maximum atomic E-state index is 11.6. The first-order valence-corrected chi connectivity index (χ1v) is 6.81. The van der Waals surface area contributed by atoms with Crippen LogP contribution in [0.1, 0.15) is 42.6 Å². The zero-order chi connectivity index (χ0) is 15.0. The second-order valence-electron chi connectivity index (χ2n) is 4.99. The average Bonchev–Trinajstić information content (AvgIpc) is 2.41. The van der Waals surface area contributed by atoms with Crippen molar-refractivity contribution in [1.29, 1.82) is 0 Å². The highest BCUT2D eigenvalue weighted by Crippen LogP contribution is 2.04. The van der Waals surface area contributed by atoms with Gasteiger partial charge in [0, 0.05) is 19.0 Å². The number of aromatic carboxylic acids is 1. The Kier molecular flexibility index (Phi) is 6.73. The van der Waals surface area contributed by atoms with E-state index in [2.05, 4.69) is 24.5 Å². The van der Waals surface area contributed by atoms with Crippen LogP contribution in [-0.2, 0) is 11.3 Å². The number of carboxylic acids is 1. The number of amides is 1. The van der Waals surface area contributed by atoms with Gasteiger partial charge in [0.2, 0.25) is 5.91 Å². The Bertz CT molecular complexity index is 441. The molecule has 5 nitrogen and oxygen atoms in total. The van der Waals surface area contributed by atoms with Crippen LogP contribution < -0.4 is 10.6 Å². The SMILES string of the molecule is CC(C)NCCCC(=O)NCc1ccc(C(=O)O)cc1. The molecule has 0 saturated carbocycles. The lowest BCUT2D eigenvalue weighted by Crippen LogP contribution is -2.27. The van der Waals surface area contributed by atoms with Crippen LogP contribution in [0.3, 0.4) is 0 Å². The molecule has 1 amide bonds. The maximum Gasteiger partial charge on any atom is 0.335 e. The lowest BCUT2D eigenvalue weighted by molar-refractivity contribution is -0.121. The Balaban J connectivity index is 2.25. The molecule has 0 spiro atoms. The zero-order valence-electron chi connectivity index (χ0n) is 12.0. The van der Waals surface area contributed by atoms with Gasteiger partial charge in [0.05, 0.1) is 5.56 Å². The van der Waals surface area contributed by atoms with Crippen LogP contribution in [0.2, 0.25) is 0 Å². The molecule has 0 radical (unpaired) electrons. The van der Waals surface area contributed by atoms with Crippen LogP contribution in [0.4, 0.5) is 0 Å². The van der Waals surface area contributed by atoms with Gasteiger partial charge in [-0.25, -0.2) is 4.79 Å².